The lowest BCUT2D eigenvalue weighted by atomic mass is 10.2. The molecule has 4 nitrogen and oxygen atoms in total. The van der Waals surface area contributed by atoms with E-state index in [2.05, 4.69) is 17.2 Å². The Morgan fingerprint density at radius 3 is 2.81 bits per heavy atom. The van der Waals surface area contributed by atoms with Crippen molar-refractivity contribution in [3.8, 4) is 5.75 Å². The van der Waals surface area contributed by atoms with Gasteiger partial charge in [-0.2, -0.15) is 0 Å². The molecule has 1 N–H and O–H groups in total. The molecule has 1 heterocycles. The van der Waals surface area contributed by atoms with E-state index in [-0.39, 0.29) is 0 Å². The van der Waals surface area contributed by atoms with Crippen molar-refractivity contribution in [1.29, 1.82) is 0 Å². The van der Waals surface area contributed by atoms with Gasteiger partial charge in [-0.3, -0.25) is 0 Å². The standard InChI is InChI=1S/C15H19Cl2N3O/c1-3-18-7-11-5-12(16)6-14(17)15(11)21-9-13-8-19-10-20(13)4-2/h5-6,8,10,18H,3-4,7,9H2,1-2H3. The van der Waals surface area contributed by atoms with Crippen molar-refractivity contribution in [2.75, 3.05) is 6.54 Å². The van der Waals surface area contributed by atoms with E-state index >= 15 is 0 Å². The quantitative estimate of drug-likeness (QED) is 0.838. The number of benzene rings is 1. The van der Waals surface area contributed by atoms with E-state index in [0.717, 1.165) is 24.3 Å². The summed E-state index contributed by atoms with van der Waals surface area (Å²) in [6.45, 7) is 6.93. The van der Waals surface area contributed by atoms with Crippen LogP contribution in [-0.2, 0) is 19.7 Å². The summed E-state index contributed by atoms with van der Waals surface area (Å²) in [5, 5.41) is 4.40. The second-order valence-electron chi connectivity index (χ2n) is 4.62. The van der Waals surface area contributed by atoms with E-state index in [4.69, 9.17) is 27.9 Å². The minimum absolute atomic E-state index is 0.425. The summed E-state index contributed by atoms with van der Waals surface area (Å²) < 4.78 is 7.95. The molecule has 0 saturated heterocycles. The molecule has 0 fully saturated rings. The molecule has 0 saturated carbocycles. The van der Waals surface area contributed by atoms with E-state index in [9.17, 15) is 0 Å². The summed E-state index contributed by atoms with van der Waals surface area (Å²) in [7, 11) is 0. The van der Waals surface area contributed by atoms with Crippen molar-refractivity contribution < 1.29 is 4.74 Å². The maximum atomic E-state index is 6.27. The summed E-state index contributed by atoms with van der Waals surface area (Å²) in [5.74, 6) is 0.672. The SMILES string of the molecule is CCNCc1cc(Cl)cc(Cl)c1OCc1cncn1CC. The zero-order chi connectivity index (χ0) is 15.2. The van der Waals surface area contributed by atoms with Crippen LogP contribution in [0, 0.1) is 0 Å². The molecule has 0 aliphatic carbocycles. The first-order valence-corrected chi connectivity index (χ1v) is 7.71. The molecule has 2 aromatic rings. The molecule has 0 unspecified atom stereocenters. The molecule has 0 bridgehead atoms. The molecule has 6 heteroatoms. The third-order valence-corrected chi connectivity index (χ3v) is 3.65. The number of hydrogen-bond donors (Lipinski definition) is 1. The van der Waals surface area contributed by atoms with Gasteiger partial charge in [0.2, 0.25) is 0 Å². The van der Waals surface area contributed by atoms with Gasteiger partial charge < -0.3 is 14.6 Å². The van der Waals surface area contributed by atoms with E-state index in [1.165, 1.54) is 0 Å². The van der Waals surface area contributed by atoms with Gasteiger partial charge in [0.1, 0.15) is 12.4 Å². The first-order chi connectivity index (χ1) is 10.2. The highest BCUT2D eigenvalue weighted by molar-refractivity contribution is 6.35. The maximum absolute atomic E-state index is 6.27. The van der Waals surface area contributed by atoms with Gasteiger partial charge in [0.25, 0.3) is 0 Å². The molecular formula is C15H19Cl2N3O. The zero-order valence-corrected chi connectivity index (χ0v) is 13.7. The average molecular weight is 328 g/mol. The second-order valence-corrected chi connectivity index (χ2v) is 5.46. The topological polar surface area (TPSA) is 39.1 Å². The van der Waals surface area contributed by atoms with Crippen LogP contribution >= 0.6 is 23.2 Å². The van der Waals surface area contributed by atoms with Crippen molar-refractivity contribution in [3.05, 3.63) is 46.0 Å². The lowest BCUT2D eigenvalue weighted by Gasteiger charge is -2.14. The minimum atomic E-state index is 0.425. The van der Waals surface area contributed by atoms with Crippen LogP contribution < -0.4 is 10.1 Å². The zero-order valence-electron chi connectivity index (χ0n) is 12.2. The largest absolute Gasteiger partial charge is 0.485 e. The smallest absolute Gasteiger partial charge is 0.143 e. The summed E-state index contributed by atoms with van der Waals surface area (Å²) in [6, 6.07) is 3.58. The van der Waals surface area contributed by atoms with E-state index < -0.39 is 0 Å². The highest BCUT2D eigenvalue weighted by atomic mass is 35.5. The van der Waals surface area contributed by atoms with Crippen molar-refractivity contribution >= 4 is 23.2 Å². The molecule has 114 valence electrons. The number of nitrogens with one attached hydrogen (secondary N) is 1. The Kier molecular flexibility index (Phi) is 5.91. The number of imidazole rings is 1. The Morgan fingerprint density at radius 1 is 1.29 bits per heavy atom. The second kappa shape index (κ2) is 7.69. The van der Waals surface area contributed by atoms with Crippen LogP contribution in [0.1, 0.15) is 25.1 Å². The molecule has 0 spiro atoms. The van der Waals surface area contributed by atoms with Crippen LogP contribution in [0.4, 0.5) is 0 Å². The van der Waals surface area contributed by atoms with Crippen LogP contribution in [-0.4, -0.2) is 16.1 Å². The van der Waals surface area contributed by atoms with Gasteiger partial charge >= 0.3 is 0 Å². The van der Waals surface area contributed by atoms with Crippen molar-refractivity contribution in [2.45, 2.75) is 33.5 Å². The fraction of sp³-hybridized carbons (Fsp3) is 0.400. The molecule has 0 atom stereocenters. The lowest BCUT2D eigenvalue weighted by Crippen LogP contribution is -2.13. The maximum Gasteiger partial charge on any atom is 0.143 e. The highest BCUT2D eigenvalue weighted by Gasteiger charge is 2.12. The molecule has 21 heavy (non-hydrogen) atoms. The van der Waals surface area contributed by atoms with Gasteiger partial charge in [0, 0.05) is 23.7 Å². The number of ether oxygens (including phenoxy) is 1. The minimum Gasteiger partial charge on any atom is -0.485 e. The predicted molar refractivity (Wildman–Crippen MR) is 86.1 cm³/mol. The summed E-state index contributed by atoms with van der Waals surface area (Å²) >= 11 is 12.3. The van der Waals surface area contributed by atoms with Crippen LogP contribution in [0.2, 0.25) is 10.0 Å². The Labute approximate surface area is 135 Å². The van der Waals surface area contributed by atoms with Gasteiger partial charge in [0.05, 0.1) is 23.2 Å². The number of rotatable bonds is 7. The third kappa shape index (κ3) is 4.13. The molecular weight excluding hydrogens is 309 g/mol. The number of nitrogens with zero attached hydrogens (tertiary/aromatic N) is 2. The molecule has 2 rings (SSSR count). The monoisotopic (exact) mass is 327 g/mol. The molecule has 1 aromatic heterocycles. The van der Waals surface area contributed by atoms with E-state index in [1.54, 1.807) is 18.6 Å². The number of aryl methyl sites for hydroxylation is 1. The summed E-state index contributed by atoms with van der Waals surface area (Å²) in [6.07, 6.45) is 3.60. The Bertz CT molecular complexity index is 599. The van der Waals surface area contributed by atoms with Gasteiger partial charge in [-0.05, 0) is 25.6 Å². The highest BCUT2D eigenvalue weighted by Crippen LogP contribution is 2.33. The van der Waals surface area contributed by atoms with Crippen LogP contribution in [0.15, 0.2) is 24.7 Å². The fourth-order valence-corrected chi connectivity index (χ4v) is 2.66. The molecule has 0 aliphatic rings. The van der Waals surface area contributed by atoms with Crippen LogP contribution in [0.25, 0.3) is 0 Å². The van der Waals surface area contributed by atoms with Gasteiger partial charge in [-0.15, -0.1) is 0 Å². The van der Waals surface area contributed by atoms with Crippen LogP contribution in [0.3, 0.4) is 0 Å². The number of halogens is 2. The molecule has 0 radical (unpaired) electrons. The summed E-state index contributed by atoms with van der Waals surface area (Å²) in [5.41, 5.74) is 1.97. The van der Waals surface area contributed by atoms with Gasteiger partial charge in [-0.1, -0.05) is 30.1 Å². The normalized spacial score (nSPS) is 10.9. The Morgan fingerprint density at radius 2 is 2.10 bits per heavy atom. The van der Waals surface area contributed by atoms with Gasteiger partial charge in [-0.25, -0.2) is 4.98 Å². The predicted octanol–water partition coefficient (Wildman–Crippen LogP) is 3.90. The third-order valence-electron chi connectivity index (χ3n) is 3.15. The average Bonchev–Trinajstić information content (AvgIpc) is 2.91. The van der Waals surface area contributed by atoms with Crippen molar-refractivity contribution in [1.82, 2.24) is 14.9 Å². The first kappa shape index (κ1) is 16.1. The molecule has 0 aliphatic heterocycles. The number of aromatic nitrogens is 2. The number of hydrogen-bond acceptors (Lipinski definition) is 3. The summed E-state index contributed by atoms with van der Waals surface area (Å²) in [4.78, 5) is 4.13. The van der Waals surface area contributed by atoms with E-state index in [0.29, 0.717) is 28.9 Å². The van der Waals surface area contributed by atoms with Gasteiger partial charge in [0.15, 0.2) is 0 Å². The van der Waals surface area contributed by atoms with Crippen LogP contribution in [0.5, 0.6) is 5.75 Å². The van der Waals surface area contributed by atoms with Crippen molar-refractivity contribution in [3.63, 3.8) is 0 Å². The van der Waals surface area contributed by atoms with Crippen molar-refractivity contribution in [2.24, 2.45) is 0 Å². The molecule has 0 amide bonds. The lowest BCUT2D eigenvalue weighted by molar-refractivity contribution is 0.292. The van der Waals surface area contributed by atoms with E-state index in [1.807, 2.05) is 17.6 Å². The molecule has 1 aromatic carbocycles. The Balaban J connectivity index is 2.18. The first-order valence-electron chi connectivity index (χ1n) is 6.96. The Hall–Kier alpha value is -1.23. The fourth-order valence-electron chi connectivity index (χ4n) is 2.07.